The molecule has 5 rings (SSSR count). The molecular weight excluding hydrogens is 500 g/mol. The molecule has 12 heteroatoms. The van der Waals surface area contributed by atoms with E-state index in [1.54, 1.807) is 30.5 Å². The minimum Gasteiger partial charge on any atom is -0.507 e. The molecule has 3 heterocycles. The lowest BCUT2D eigenvalue weighted by Gasteiger charge is -2.20. The predicted octanol–water partition coefficient (Wildman–Crippen LogP) is 6.92. The molecule has 6 nitrogen and oxygen atoms in total. The van der Waals surface area contributed by atoms with Gasteiger partial charge in [0.05, 0.1) is 5.52 Å². The summed E-state index contributed by atoms with van der Waals surface area (Å²) in [5.41, 5.74) is -1.42. The van der Waals surface area contributed by atoms with Crippen LogP contribution in [0.5, 0.6) is 0 Å². The minimum absolute atomic E-state index is 0.0299. The Balaban J connectivity index is 1.63. The fourth-order valence-corrected chi connectivity index (χ4v) is 3.93. The molecule has 0 saturated heterocycles. The Hall–Kier alpha value is -4.22. The smallest absolute Gasteiger partial charge is 0.433 e. The van der Waals surface area contributed by atoms with Gasteiger partial charge < -0.3 is 5.11 Å². The Morgan fingerprint density at radius 1 is 0.919 bits per heavy atom. The number of nitrogens with zero attached hydrogens (tertiary/aromatic N) is 5. The van der Waals surface area contributed by atoms with Crippen LogP contribution >= 0.6 is 0 Å². The monoisotopic (exact) mass is 517 g/mol. The van der Waals surface area contributed by atoms with E-state index in [0.29, 0.717) is 41.6 Å². The average Bonchev–Trinajstić information content (AvgIpc) is 3.28. The lowest BCUT2D eigenvalue weighted by molar-refractivity contribution is -0.150. The number of rotatable bonds is 4. The first-order valence-electron chi connectivity index (χ1n) is 11.1. The van der Waals surface area contributed by atoms with Gasteiger partial charge in [0, 0.05) is 28.9 Å². The van der Waals surface area contributed by atoms with Crippen LogP contribution in [0.15, 0.2) is 66.3 Å². The summed E-state index contributed by atoms with van der Waals surface area (Å²) in [7, 11) is 0. The fourth-order valence-electron chi connectivity index (χ4n) is 3.93. The zero-order valence-electron chi connectivity index (χ0n) is 18.8. The zero-order chi connectivity index (χ0) is 26.4. The Kier molecular flexibility index (Phi) is 5.97. The van der Waals surface area contributed by atoms with E-state index < -0.39 is 29.3 Å². The van der Waals surface area contributed by atoms with Gasteiger partial charge in [-0.25, -0.2) is 14.6 Å². The molecule has 1 aromatic carbocycles. The number of hydrogen-bond donors (Lipinski definition) is 1. The van der Waals surface area contributed by atoms with Gasteiger partial charge in [-0.05, 0) is 54.7 Å². The maximum atomic E-state index is 13.2. The second-order valence-corrected chi connectivity index (χ2v) is 8.39. The number of benzene rings is 1. The molecule has 0 unspecified atom stereocenters. The van der Waals surface area contributed by atoms with Crippen molar-refractivity contribution >= 4 is 22.7 Å². The first-order chi connectivity index (χ1) is 17.5. The third-order valence-corrected chi connectivity index (χ3v) is 5.92. The number of pyridine rings is 2. The molecule has 0 atom stereocenters. The molecule has 4 aromatic rings. The molecule has 1 N–H and O–H groups in total. The van der Waals surface area contributed by atoms with E-state index in [0.717, 1.165) is 28.4 Å². The minimum atomic E-state index is -5.10. The van der Waals surface area contributed by atoms with Gasteiger partial charge in [0.25, 0.3) is 0 Å². The number of fused-ring (bicyclic) bond motifs is 1. The molecule has 0 bridgehead atoms. The Bertz CT molecular complexity index is 1510. The summed E-state index contributed by atoms with van der Waals surface area (Å²) in [5, 5.41) is 15.9. The summed E-state index contributed by atoms with van der Waals surface area (Å²) in [6.07, 6.45) is -3.69. The highest BCUT2D eigenvalue weighted by atomic mass is 19.4. The van der Waals surface area contributed by atoms with Crippen molar-refractivity contribution in [1.82, 2.24) is 24.7 Å². The summed E-state index contributed by atoms with van der Waals surface area (Å²) < 4.78 is 80.5. The molecular formula is C25H17F6N5O. The quantitative estimate of drug-likeness (QED) is 0.235. The SMILES string of the molecule is OC(=C1CCC1)/C(=C/n1cnc(-c2cc(C(F)(F)F)nc(C(F)(F)F)c2)n1)c1cccc2ncccc12. The van der Waals surface area contributed by atoms with E-state index in [1.807, 2.05) is 6.07 Å². The van der Waals surface area contributed by atoms with Gasteiger partial charge in [-0.15, -0.1) is 5.10 Å². The summed E-state index contributed by atoms with van der Waals surface area (Å²) in [4.78, 5) is 10.9. The van der Waals surface area contributed by atoms with Gasteiger partial charge in [0.2, 0.25) is 0 Å². The Morgan fingerprint density at radius 2 is 1.62 bits per heavy atom. The maximum Gasteiger partial charge on any atom is 0.433 e. The molecule has 37 heavy (non-hydrogen) atoms. The van der Waals surface area contributed by atoms with Crippen LogP contribution < -0.4 is 0 Å². The van der Waals surface area contributed by atoms with Gasteiger partial charge in [0.1, 0.15) is 23.5 Å². The highest BCUT2D eigenvalue weighted by Crippen LogP contribution is 2.38. The van der Waals surface area contributed by atoms with Crippen LogP contribution in [-0.4, -0.2) is 29.8 Å². The van der Waals surface area contributed by atoms with E-state index in [9.17, 15) is 31.4 Å². The van der Waals surface area contributed by atoms with E-state index in [4.69, 9.17) is 0 Å². The number of aliphatic hydroxyl groups is 1. The molecule has 0 radical (unpaired) electrons. The second-order valence-electron chi connectivity index (χ2n) is 8.39. The molecule has 0 spiro atoms. The molecule has 3 aromatic heterocycles. The first kappa shape index (κ1) is 24.5. The van der Waals surface area contributed by atoms with E-state index >= 15 is 0 Å². The van der Waals surface area contributed by atoms with E-state index in [1.165, 1.54) is 6.20 Å². The van der Waals surface area contributed by atoms with Crippen LogP contribution in [0.1, 0.15) is 36.2 Å². The number of hydrogen-bond acceptors (Lipinski definition) is 5. The number of halogens is 6. The summed E-state index contributed by atoms with van der Waals surface area (Å²) >= 11 is 0. The highest BCUT2D eigenvalue weighted by molar-refractivity contribution is 5.98. The topological polar surface area (TPSA) is 76.7 Å². The van der Waals surface area contributed by atoms with Crippen molar-refractivity contribution in [3.8, 4) is 11.4 Å². The largest absolute Gasteiger partial charge is 0.507 e. The first-order valence-corrected chi connectivity index (χ1v) is 11.1. The molecule has 1 saturated carbocycles. The lowest BCUT2D eigenvalue weighted by atomic mass is 9.87. The number of allylic oxidation sites excluding steroid dienone is 2. The summed E-state index contributed by atoms with van der Waals surface area (Å²) in [5.74, 6) is -0.341. The zero-order valence-corrected chi connectivity index (χ0v) is 18.8. The van der Waals surface area contributed by atoms with Crippen LogP contribution in [0.3, 0.4) is 0 Å². The second kappa shape index (κ2) is 9.02. The van der Waals surface area contributed by atoms with E-state index in [-0.39, 0.29) is 11.6 Å². The predicted molar refractivity (Wildman–Crippen MR) is 123 cm³/mol. The van der Waals surface area contributed by atoms with Crippen molar-refractivity contribution in [1.29, 1.82) is 0 Å². The fraction of sp³-hybridized carbons (Fsp3) is 0.200. The van der Waals surface area contributed by atoms with Gasteiger partial charge >= 0.3 is 12.4 Å². The third-order valence-electron chi connectivity index (χ3n) is 5.92. The average molecular weight is 517 g/mol. The summed E-state index contributed by atoms with van der Waals surface area (Å²) in [6.45, 7) is 0. The lowest BCUT2D eigenvalue weighted by Crippen LogP contribution is -2.15. The van der Waals surface area contributed by atoms with Crippen molar-refractivity contribution in [3.05, 3.63) is 83.3 Å². The van der Waals surface area contributed by atoms with Gasteiger partial charge in [-0.3, -0.25) is 4.98 Å². The molecule has 0 aliphatic heterocycles. The van der Waals surface area contributed by atoms with Crippen molar-refractivity contribution < 1.29 is 31.4 Å². The molecule has 1 fully saturated rings. The highest BCUT2D eigenvalue weighted by Gasteiger charge is 2.39. The van der Waals surface area contributed by atoms with Gasteiger partial charge in [0.15, 0.2) is 5.82 Å². The maximum absolute atomic E-state index is 13.2. The molecule has 1 aliphatic carbocycles. The normalized spacial score (nSPS) is 14.6. The van der Waals surface area contributed by atoms with Crippen molar-refractivity contribution in [2.75, 3.05) is 0 Å². The Labute approximate surface area is 205 Å². The van der Waals surface area contributed by atoms with Crippen LogP contribution in [0.4, 0.5) is 26.3 Å². The van der Waals surface area contributed by atoms with Crippen LogP contribution in [0.25, 0.3) is 34.1 Å². The van der Waals surface area contributed by atoms with Crippen LogP contribution in [-0.2, 0) is 12.4 Å². The molecule has 0 amide bonds. The van der Waals surface area contributed by atoms with Crippen LogP contribution in [0, 0.1) is 0 Å². The van der Waals surface area contributed by atoms with Crippen LogP contribution in [0.2, 0.25) is 0 Å². The summed E-state index contributed by atoms with van der Waals surface area (Å²) in [6, 6.07) is 9.83. The Morgan fingerprint density at radius 3 is 2.24 bits per heavy atom. The van der Waals surface area contributed by atoms with Crippen molar-refractivity contribution in [2.24, 2.45) is 0 Å². The number of alkyl halides is 6. The van der Waals surface area contributed by atoms with E-state index in [2.05, 4.69) is 20.1 Å². The third kappa shape index (κ3) is 4.91. The standard InChI is InChI=1S/C25H17F6N5O/c26-24(27,28)20-10-15(11-21(34-20)25(29,30)31)23-33-13-36(35-23)12-18(22(37)14-4-1-5-14)16-6-2-8-19-17(16)7-3-9-32-19/h2-3,6-13,37H,1,4-5H2/b18-12+. The molecule has 1 aliphatic rings. The van der Waals surface area contributed by atoms with Gasteiger partial charge in [-0.1, -0.05) is 18.2 Å². The molecule has 190 valence electrons. The number of aromatic nitrogens is 5. The van der Waals surface area contributed by atoms with Gasteiger partial charge in [-0.2, -0.15) is 26.3 Å². The van der Waals surface area contributed by atoms with Crippen molar-refractivity contribution in [3.63, 3.8) is 0 Å². The van der Waals surface area contributed by atoms with Crippen molar-refractivity contribution in [2.45, 2.75) is 31.6 Å². The number of aliphatic hydroxyl groups excluding tert-OH is 1.